The maximum absolute atomic E-state index is 13.5. The van der Waals surface area contributed by atoms with Crippen molar-refractivity contribution in [2.45, 2.75) is 59.0 Å². The van der Waals surface area contributed by atoms with E-state index in [1.54, 1.807) is 4.90 Å². The minimum Gasteiger partial charge on any atom is -0.338 e. The number of carbonyl (C=O) groups is 3. The van der Waals surface area contributed by atoms with E-state index in [1.165, 1.54) is 4.90 Å². The molecular formula is C23H34N4O3. The molecule has 7 nitrogen and oxygen atoms in total. The number of imide groups is 1. The zero-order valence-electron chi connectivity index (χ0n) is 18.6. The quantitative estimate of drug-likeness (QED) is 0.491. The lowest BCUT2D eigenvalue weighted by Gasteiger charge is -2.40. The molecule has 7 heteroatoms. The van der Waals surface area contributed by atoms with Gasteiger partial charge in [0.1, 0.15) is 12.1 Å². The predicted octanol–water partition coefficient (Wildman–Crippen LogP) is 2.04. The van der Waals surface area contributed by atoms with Gasteiger partial charge in [0, 0.05) is 26.2 Å². The number of nitriles is 1. The van der Waals surface area contributed by atoms with Crippen molar-refractivity contribution in [1.82, 2.24) is 14.7 Å². The Bertz CT molecular complexity index is 720. The zero-order valence-corrected chi connectivity index (χ0v) is 18.6. The maximum Gasteiger partial charge on any atom is 0.245 e. The van der Waals surface area contributed by atoms with E-state index in [-0.39, 0.29) is 47.4 Å². The van der Waals surface area contributed by atoms with Gasteiger partial charge in [-0.2, -0.15) is 5.26 Å². The van der Waals surface area contributed by atoms with Gasteiger partial charge in [0.15, 0.2) is 0 Å². The summed E-state index contributed by atoms with van der Waals surface area (Å²) >= 11 is 0. The van der Waals surface area contributed by atoms with Crippen LogP contribution < -0.4 is 0 Å². The number of hydrogen-bond acceptors (Lipinski definition) is 5. The highest BCUT2D eigenvalue weighted by atomic mass is 16.2. The third kappa shape index (κ3) is 4.29. The summed E-state index contributed by atoms with van der Waals surface area (Å²) in [5.74, 6) is -0.718. The molecule has 2 saturated heterocycles. The van der Waals surface area contributed by atoms with E-state index < -0.39 is 6.04 Å². The standard InChI is InChI=1S/C23H34N4O3/c1-15(2)13-19(27-21(28)17-7-5-6-8-18(17)22(27)29)23(30)26-11-9-25(10-12-26)20(14-24)16(3)4/h5-6,15-20H,7-13H2,1-4H3. The molecule has 0 saturated carbocycles. The Kier molecular flexibility index (Phi) is 6.97. The molecular weight excluding hydrogens is 380 g/mol. The van der Waals surface area contributed by atoms with Crippen LogP contribution in [0.1, 0.15) is 47.0 Å². The molecule has 4 atom stereocenters. The van der Waals surface area contributed by atoms with Gasteiger partial charge in [-0.05, 0) is 31.1 Å². The van der Waals surface area contributed by atoms with E-state index >= 15 is 0 Å². The summed E-state index contributed by atoms with van der Waals surface area (Å²) in [7, 11) is 0. The number of likely N-dealkylation sites (tertiary alicyclic amines) is 1. The van der Waals surface area contributed by atoms with Crippen molar-refractivity contribution in [3.8, 4) is 6.07 Å². The highest BCUT2D eigenvalue weighted by Crippen LogP contribution is 2.37. The number of hydrogen-bond donors (Lipinski definition) is 0. The van der Waals surface area contributed by atoms with E-state index in [4.69, 9.17) is 0 Å². The molecule has 0 aromatic rings. The van der Waals surface area contributed by atoms with Gasteiger partial charge in [0.05, 0.1) is 17.9 Å². The van der Waals surface area contributed by atoms with Crippen LogP contribution in [-0.4, -0.2) is 70.7 Å². The lowest BCUT2D eigenvalue weighted by Crippen LogP contribution is -2.58. The van der Waals surface area contributed by atoms with Crippen molar-refractivity contribution < 1.29 is 14.4 Å². The van der Waals surface area contributed by atoms with Crippen molar-refractivity contribution in [3.63, 3.8) is 0 Å². The SMILES string of the molecule is CC(C)CC(C(=O)N1CCN(C(C#N)C(C)C)CC1)N1C(=O)C2CC=CCC2C1=O. The number of nitrogens with zero attached hydrogens (tertiary/aromatic N) is 4. The fourth-order valence-electron chi connectivity index (χ4n) is 4.98. The summed E-state index contributed by atoms with van der Waals surface area (Å²) in [5.41, 5.74) is 0. The Morgan fingerprint density at radius 2 is 1.57 bits per heavy atom. The molecule has 0 radical (unpaired) electrons. The van der Waals surface area contributed by atoms with E-state index in [1.807, 2.05) is 39.8 Å². The molecule has 30 heavy (non-hydrogen) atoms. The molecule has 0 N–H and O–H groups in total. The lowest BCUT2D eigenvalue weighted by molar-refractivity contribution is -0.153. The fourth-order valence-corrected chi connectivity index (χ4v) is 4.98. The summed E-state index contributed by atoms with van der Waals surface area (Å²) in [6, 6.07) is 1.48. The van der Waals surface area contributed by atoms with Crippen LogP contribution >= 0.6 is 0 Å². The molecule has 0 aromatic carbocycles. The molecule has 0 aromatic heterocycles. The first-order valence-corrected chi connectivity index (χ1v) is 11.2. The van der Waals surface area contributed by atoms with Gasteiger partial charge in [-0.15, -0.1) is 0 Å². The van der Waals surface area contributed by atoms with Crippen molar-refractivity contribution in [2.75, 3.05) is 26.2 Å². The lowest BCUT2D eigenvalue weighted by atomic mass is 9.85. The Labute approximate surface area is 179 Å². The Balaban J connectivity index is 1.74. The number of fused-ring (bicyclic) bond motifs is 1. The molecule has 1 aliphatic carbocycles. The van der Waals surface area contributed by atoms with Crippen LogP contribution in [0.4, 0.5) is 0 Å². The van der Waals surface area contributed by atoms with Gasteiger partial charge < -0.3 is 4.90 Å². The molecule has 3 rings (SSSR count). The Morgan fingerprint density at radius 3 is 2.00 bits per heavy atom. The zero-order chi connectivity index (χ0) is 22.0. The number of carbonyl (C=O) groups excluding carboxylic acids is 3. The minimum absolute atomic E-state index is 0.130. The smallest absolute Gasteiger partial charge is 0.245 e. The van der Waals surface area contributed by atoms with E-state index in [9.17, 15) is 19.6 Å². The predicted molar refractivity (Wildman–Crippen MR) is 113 cm³/mol. The average Bonchev–Trinajstić information content (AvgIpc) is 2.97. The molecule has 3 aliphatic rings. The molecule has 2 aliphatic heterocycles. The van der Waals surface area contributed by atoms with Crippen LogP contribution in [0.5, 0.6) is 0 Å². The second kappa shape index (κ2) is 9.30. The molecule has 4 unspecified atom stereocenters. The number of allylic oxidation sites excluding steroid dienone is 2. The summed E-state index contributed by atoms with van der Waals surface area (Å²) in [5, 5.41) is 9.46. The highest BCUT2D eigenvalue weighted by molar-refractivity contribution is 6.08. The van der Waals surface area contributed by atoms with Crippen molar-refractivity contribution in [3.05, 3.63) is 12.2 Å². The molecule has 164 valence electrons. The number of piperazine rings is 1. The van der Waals surface area contributed by atoms with Crippen LogP contribution in [0.25, 0.3) is 0 Å². The number of amides is 3. The van der Waals surface area contributed by atoms with Gasteiger partial charge in [-0.25, -0.2) is 0 Å². The first-order valence-electron chi connectivity index (χ1n) is 11.2. The van der Waals surface area contributed by atoms with Crippen LogP contribution in [0, 0.1) is 35.0 Å². The summed E-state index contributed by atoms with van der Waals surface area (Å²) < 4.78 is 0. The third-order valence-electron chi connectivity index (χ3n) is 6.62. The Hall–Kier alpha value is -2.20. The first kappa shape index (κ1) is 22.5. The van der Waals surface area contributed by atoms with E-state index in [0.717, 1.165) is 0 Å². The van der Waals surface area contributed by atoms with Gasteiger partial charge in [-0.1, -0.05) is 39.8 Å². The van der Waals surface area contributed by atoms with Gasteiger partial charge in [-0.3, -0.25) is 24.2 Å². The van der Waals surface area contributed by atoms with E-state index in [0.29, 0.717) is 45.4 Å². The topological polar surface area (TPSA) is 84.7 Å². The Morgan fingerprint density at radius 1 is 1.03 bits per heavy atom. The third-order valence-corrected chi connectivity index (χ3v) is 6.62. The number of rotatable bonds is 6. The van der Waals surface area contributed by atoms with Crippen LogP contribution in [0.3, 0.4) is 0 Å². The molecule has 2 heterocycles. The molecule has 2 fully saturated rings. The van der Waals surface area contributed by atoms with Crippen molar-refractivity contribution >= 4 is 17.7 Å². The van der Waals surface area contributed by atoms with Crippen LogP contribution in [-0.2, 0) is 14.4 Å². The largest absolute Gasteiger partial charge is 0.338 e. The fraction of sp³-hybridized carbons (Fsp3) is 0.739. The first-order chi connectivity index (χ1) is 14.3. The highest BCUT2D eigenvalue weighted by Gasteiger charge is 2.51. The molecule has 3 amide bonds. The van der Waals surface area contributed by atoms with Crippen LogP contribution in [0.2, 0.25) is 0 Å². The summed E-state index contributed by atoms with van der Waals surface area (Å²) in [6.07, 6.45) is 5.58. The molecule has 0 bridgehead atoms. The normalized spacial score (nSPS) is 26.8. The summed E-state index contributed by atoms with van der Waals surface area (Å²) in [6.45, 7) is 10.4. The van der Waals surface area contributed by atoms with Gasteiger partial charge in [0.2, 0.25) is 17.7 Å². The average molecular weight is 415 g/mol. The second-order valence-electron chi connectivity index (χ2n) is 9.53. The van der Waals surface area contributed by atoms with Crippen LogP contribution in [0.15, 0.2) is 12.2 Å². The monoisotopic (exact) mass is 414 g/mol. The minimum atomic E-state index is -0.723. The van der Waals surface area contributed by atoms with Gasteiger partial charge >= 0.3 is 0 Å². The van der Waals surface area contributed by atoms with E-state index in [2.05, 4.69) is 11.0 Å². The van der Waals surface area contributed by atoms with Gasteiger partial charge in [0.25, 0.3) is 0 Å². The van der Waals surface area contributed by atoms with Crippen molar-refractivity contribution in [2.24, 2.45) is 23.7 Å². The second-order valence-corrected chi connectivity index (χ2v) is 9.53. The summed E-state index contributed by atoms with van der Waals surface area (Å²) in [4.78, 5) is 44.8. The van der Waals surface area contributed by atoms with Crippen molar-refractivity contribution in [1.29, 1.82) is 5.26 Å². The molecule has 0 spiro atoms. The maximum atomic E-state index is 13.5.